The Morgan fingerprint density at radius 3 is 2.38 bits per heavy atom. The first-order chi connectivity index (χ1) is 15.5. The van der Waals surface area contributed by atoms with Crippen LogP contribution in [0.2, 0.25) is 0 Å². The number of thioether (sulfide) groups is 1. The lowest BCUT2D eigenvalue weighted by Gasteiger charge is -2.18. The molecule has 2 bridgehead atoms. The summed E-state index contributed by atoms with van der Waals surface area (Å²) in [5, 5.41) is 14.8. The summed E-state index contributed by atoms with van der Waals surface area (Å²) in [6, 6.07) is 14.7. The van der Waals surface area contributed by atoms with Crippen molar-refractivity contribution >= 4 is 40.6 Å². The molecule has 5 rings (SSSR count). The largest absolute Gasteiger partial charge is 0.379 e. The number of hydrogen-bond donors (Lipinski definition) is 1. The first kappa shape index (κ1) is 20.8. The molecule has 2 aromatic rings. The van der Waals surface area contributed by atoms with Gasteiger partial charge < -0.3 is 5.32 Å². The van der Waals surface area contributed by atoms with Crippen LogP contribution in [0.15, 0.2) is 60.7 Å². The first-order valence-electron chi connectivity index (χ1n) is 10.7. The van der Waals surface area contributed by atoms with Crippen LogP contribution < -0.4 is 10.2 Å². The summed E-state index contributed by atoms with van der Waals surface area (Å²) in [5.74, 6) is 0.768. The number of hydrogen-bond acceptors (Lipinski definition) is 6. The highest BCUT2D eigenvalue weighted by atomic mass is 32.2. The van der Waals surface area contributed by atoms with Crippen LogP contribution in [0.4, 0.5) is 17.1 Å². The van der Waals surface area contributed by atoms with Crippen LogP contribution in [0.1, 0.15) is 12.0 Å². The number of nitrogens with zero attached hydrogens (tertiary/aromatic N) is 2. The molecule has 0 aromatic heterocycles. The summed E-state index contributed by atoms with van der Waals surface area (Å²) < 4.78 is 0. The lowest BCUT2D eigenvalue weighted by molar-refractivity contribution is -0.383. The number of allylic oxidation sites excluding steroid dienone is 2. The van der Waals surface area contributed by atoms with Crippen molar-refractivity contribution in [2.75, 3.05) is 22.5 Å². The van der Waals surface area contributed by atoms with Crippen LogP contribution >= 0.6 is 11.8 Å². The summed E-state index contributed by atoms with van der Waals surface area (Å²) in [6.45, 7) is 0.568. The fourth-order valence-corrected chi connectivity index (χ4v) is 5.96. The normalized spacial score (nSPS) is 25.4. The Balaban J connectivity index is 1.26. The van der Waals surface area contributed by atoms with Crippen molar-refractivity contribution in [3.63, 3.8) is 0 Å². The van der Waals surface area contributed by atoms with E-state index in [4.69, 9.17) is 0 Å². The van der Waals surface area contributed by atoms with Gasteiger partial charge in [-0.1, -0.05) is 42.5 Å². The van der Waals surface area contributed by atoms with Gasteiger partial charge in [-0.05, 0) is 36.0 Å². The number of nitrogens with one attached hydrogen (secondary N) is 1. The zero-order valence-electron chi connectivity index (χ0n) is 17.3. The van der Waals surface area contributed by atoms with Crippen LogP contribution in [0.5, 0.6) is 0 Å². The number of benzene rings is 2. The minimum Gasteiger partial charge on any atom is -0.379 e. The summed E-state index contributed by atoms with van der Waals surface area (Å²) in [4.78, 5) is 38.4. The van der Waals surface area contributed by atoms with Crippen LogP contribution in [0.3, 0.4) is 0 Å². The van der Waals surface area contributed by atoms with Gasteiger partial charge in [0.25, 0.3) is 5.69 Å². The standard InChI is InChI=1S/C24H23N3O4S/c28-23-21-16-6-7-17(12-16)22(21)24(29)26(23)18-8-9-19(20(13-18)27(30)31)25-10-11-32-14-15-4-2-1-3-5-15/h1-9,13,16-17,21-22,25H,10-12,14H2. The molecular weight excluding hydrogens is 426 g/mol. The van der Waals surface area contributed by atoms with Crippen molar-refractivity contribution in [1.82, 2.24) is 0 Å². The number of carbonyl (C=O) groups excluding carboxylic acids is 2. The SMILES string of the molecule is O=C1C2C3C=CC(C3)C2C(=O)N1c1ccc(NCCSCc2ccccc2)c([N+](=O)[O-])c1. The Kier molecular flexibility index (Phi) is 5.46. The molecule has 2 amide bonds. The van der Waals surface area contributed by atoms with Gasteiger partial charge in [0.15, 0.2) is 0 Å². The number of nitro benzene ring substituents is 1. The first-order valence-corrected chi connectivity index (χ1v) is 11.9. The molecule has 1 N–H and O–H groups in total. The molecule has 1 saturated carbocycles. The summed E-state index contributed by atoms with van der Waals surface area (Å²) in [5.41, 5.74) is 1.78. The second-order valence-electron chi connectivity index (χ2n) is 8.44. The number of rotatable bonds is 8. The molecule has 8 heteroatoms. The van der Waals surface area contributed by atoms with E-state index in [1.807, 2.05) is 30.4 Å². The number of amides is 2. The third kappa shape index (κ3) is 3.58. The predicted molar refractivity (Wildman–Crippen MR) is 124 cm³/mol. The smallest absolute Gasteiger partial charge is 0.294 e. The summed E-state index contributed by atoms with van der Waals surface area (Å²) in [6.07, 6.45) is 4.92. The van der Waals surface area contributed by atoms with Crippen LogP contribution in [0.25, 0.3) is 0 Å². The summed E-state index contributed by atoms with van der Waals surface area (Å²) in [7, 11) is 0. The van der Waals surface area contributed by atoms with Crippen LogP contribution in [-0.2, 0) is 15.3 Å². The molecule has 2 aromatic carbocycles. The van der Waals surface area contributed by atoms with Crippen molar-refractivity contribution in [2.45, 2.75) is 12.2 Å². The molecule has 0 spiro atoms. The minimum absolute atomic E-state index is 0.107. The van der Waals surface area contributed by atoms with E-state index < -0.39 is 4.92 Å². The van der Waals surface area contributed by atoms with E-state index in [0.717, 1.165) is 22.8 Å². The van der Waals surface area contributed by atoms with E-state index in [0.29, 0.717) is 12.2 Å². The van der Waals surface area contributed by atoms with E-state index >= 15 is 0 Å². The number of anilines is 2. The molecule has 164 valence electrons. The Morgan fingerprint density at radius 1 is 1.03 bits per heavy atom. The summed E-state index contributed by atoms with van der Waals surface area (Å²) >= 11 is 1.74. The second-order valence-corrected chi connectivity index (χ2v) is 9.54. The number of imide groups is 1. The third-order valence-electron chi connectivity index (χ3n) is 6.58. The van der Waals surface area contributed by atoms with Gasteiger partial charge in [0, 0.05) is 24.1 Å². The van der Waals surface area contributed by atoms with Gasteiger partial charge in [-0.15, -0.1) is 0 Å². The maximum Gasteiger partial charge on any atom is 0.294 e. The Labute approximate surface area is 190 Å². The Morgan fingerprint density at radius 2 is 1.72 bits per heavy atom. The highest BCUT2D eigenvalue weighted by Gasteiger charge is 2.59. The van der Waals surface area contributed by atoms with Crippen LogP contribution in [0, 0.1) is 33.8 Å². The lowest BCUT2D eigenvalue weighted by atomic mass is 9.85. The molecule has 7 nitrogen and oxygen atoms in total. The lowest BCUT2D eigenvalue weighted by Crippen LogP contribution is -2.32. The highest BCUT2D eigenvalue weighted by Crippen LogP contribution is 2.53. The molecule has 2 fully saturated rings. The Bertz CT molecular complexity index is 1070. The molecule has 4 atom stereocenters. The fourth-order valence-electron chi connectivity index (χ4n) is 5.14. The van der Waals surface area contributed by atoms with Gasteiger partial charge in [-0.25, -0.2) is 4.90 Å². The zero-order valence-corrected chi connectivity index (χ0v) is 18.2. The maximum absolute atomic E-state index is 13.0. The van der Waals surface area contributed by atoms with Gasteiger partial charge in [0.2, 0.25) is 11.8 Å². The molecule has 1 aliphatic heterocycles. The maximum atomic E-state index is 13.0. The monoisotopic (exact) mass is 449 g/mol. The van der Waals surface area contributed by atoms with Crippen LogP contribution in [-0.4, -0.2) is 29.0 Å². The fraction of sp³-hybridized carbons (Fsp3) is 0.333. The number of fused-ring (bicyclic) bond motifs is 5. The average Bonchev–Trinajstić information content (AvgIpc) is 3.48. The van der Waals surface area contributed by atoms with Crippen molar-refractivity contribution in [3.8, 4) is 0 Å². The van der Waals surface area contributed by atoms with E-state index in [9.17, 15) is 19.7 Å². The van der Waals surface area contributed by atoms with Gasteiger partial charge in [-0.2, -0.15) is 11.8 Å². The van der Waals surface area contributed by atoms with E-state index in [1.54, 1.807) is 23.9 Å². The van der Waals surface area contributed by atoms with Crippen molar-refractivity contribution < 1.29 is 14.5 Å². The molecule has 2 aliphatic carbocycles. The van der Waals surface area contributed by atoms with Gasteiger partial charge in [0.05, 0.1) is 22.4 Å². The average molecular weight is 450 g/mol. The quantitative estimate of drug-likeness (QED) is 0.213. The Hall–Kier alpha value is -3.13. The molecular formula is C24H23N3O4S. The predicted octanol–water partition coefficient (Wildman–Crippen LogP) is 4.25. The van der Waals surface area contributed by atoms with E-state index in [1.165, 1.54) is 11.6 Å². The van der Waals surface area contributed by atoms with Crippen molar-refractivity contribution in [2.24, 2.45) is 23.7 Å². The van der Waals surface area contributed by atoms with Crippen molar-refractivity contribution in [3.05, 3.63) is 76.4 Å². The van der Waals surface area contributed by atoms with E-state index in [2.05, 4.69) is 17.4 Å². The van der Waals surface area contributed by atoms with Gasteiger partial charge in [-0.3, -0.25) is 19.7 Å². The van der Waals surface area contributed by atoms with E-state index in [-0.39, 0.29) is 46.9 Å². The minimum atomic E-state index is -0.472. The molecule has 3 aliphatic rings. The molecule has 1 saturated heterocycles. The number of carbonyl (C=O) groups is 2. The topological polar surface area (TPSA) is 92.6 Å². The van der Waals surface area contributed by atoms with Gasteiger partial charge in [0.1, 0.15) is 5.69 Å². The molecule has 0 radical (unpaired) electrons. The zero-order chi connectivity index (χ0) is 22.2. The third-order valence-corrected chi connectivity index (χ3v) is 7.61. The molecule has 1 heterocycles. The van der Waals surface area contributed by atoms with Gasteiger partial charge >= 0.3 is 0 Å². The van der Waals surface area contributed by atoms with Crippen molar-refractivity contribution in [1.29, 1.82) is 0 Å². The molecule has 32 heavy (non-hydrogen) atoms. The number of nitro groups is 1. The second kappa shape index (κ2) is 8.43. The highest BCUT2D eigenvalue weighted by molar-refractivity contribution is 7.98. The molecule has 4 unspecified atom stereocenters.